The number of rotatable bonds is 3. The van der Waals surface area contributed by atoms with E-state index in [4.69, 9.17) is 0 Å². The van der Waals surface area contributed by atoms with Gasteiger partial charge in [-0.25, -0.2) is 0 Å². The Bertz CT molecular complexity index is 703. The van der Waals surface area contributed by atoms with Crippen LogP contribution in [0.15, 0.2) is 54.6 Å². The van der Waals surface area contributed by atoms with E-state index < -0.39 is 0 Å². The number of hydrogen-bond acceptors (Lipinski definition) is 3. The summed E-state index contributed by atoms with van der Waals surface area (Å²) in [6.45, 7) is 4.35. The van der Waals surface area contributed by atoms with Crippen LogP contribution in [0.3, 0.4) is 0 Å². The topological polar surface area (TPSA) is 30.3 Å². The summed E-state index contributed by atoms with van der Waals surface area (Å²) in [7, 11) is 2.16. The van der Waals surface area contributed by atoms with Gasteiger partial charge in [0, 0.05) is 31.9 Å². The molecule has 0 radical (unpaired) electrons. The second kappa shape index (κ2) is 7.13. The van der Waals surface area contributed by atoms with Gasteiger partial charge in [0.25, 0.3) is 0 Å². The first-order chi connectivity index (χ1) is 11.3. The molecule has 0 bridgehead atoms. The third-order valence-electron chi connectivity index (χ3n) is 4.28. The molecule has 1 heterocycles. The van der Waals surface area contributed by atoms with Gasteiger partial charge in [0.1, 0.15) is 0 Å². The average molecular weight is 303 g/mol. The highest BCUT2D eigenvalue weighted by atomic mass is 15.2. The van der Waals surface area contributed by atoms with E-state index in [1.54, 1.807) is 0 Å². The summed E-state index contributed by atoms with van der Waals surface area (Å²) in [6.07, 6.45) is 1.95. The van der Waals surface area contributed by atoms with E-state index in [1.807, 2.05) is 36.4 Å². The highest BCUT2D eigenvalue weighted by Gasteiger charge is 2.13. The first-order valence-electron chi connectivity index (χ1n) is 7.97. The molecule has 2 aromatic carbocycles. The van der Waals surface area contributed by atoms with Crippen LogP contribution in [0.1, 0.15) is 11.1 Å². The van der Waals surface area contributed by atoms with Crippen LogP contribution in [0, 0.1) is 11.3 Å². The first-order valence-corrected chi connectivity index (χ1v) is 7.97. The van der Waals surface area contributed by atoms with Crippen molar-refractivity contribution in [3.8, 4) is 6.07 Å². The maximum atomic E-state index is 9.39. The molecule has 1 aliphatic rings. The van der Waals surface area contributed by atoms with E-state index in [-0.39, 0.29) is 0 Å². The zero-order valence-corrected chi connectivity index (χ0v) is 13.4. The van der Waals surface area contributed by atoms with Crippen LogP contribution >= 0.6 is 0 Å². The van der Waals surface area contributed by atoms with Crippen LogP contribution in [0.5, 0.6) is 0 Å². The average Bonchev–Trinajstić information content (AvgIpc) is 2.62. The van der Waals surface area contributed by atoms with Crippen molar-refractivity contribution in [2.24, 2.45) is 0 Å². The number of nitrogens with zero attached hydrogens (tertiary/aromatic N) is 3. The number of allylic oxidation sites excluding steroid dienone is 1. The highest BCUT2D eigenvalue weighted by Crippen LogP contribution is 2.21. The second-order valence-electron chi connectivity index (χ2n) is 5.92. The predicted molar refractivity (Wildman–Crippen MR) is 96.1 cm³/mol. The first kappa shape index (κ1) is 15.3. The van der Waals surface area contributed by atoms with Gasteiger partial charge in [0.2, 0.25) is 0 Å². The smallest absolute Gasteiger partial charge is 0.0998 e. The number of likely N-dealkylation sites (N-methyl/N-ethyl adjacent to an activating group) is 1. The maximum Gasteiger partial charge on any atom is 0.0998 e. The van der Waals surface area contributed by atoms with Crippen molar-refractivity contribution in [1.82, 2.24) is 4.90 Å². The van der Waals surface area contributed by atoms with Gasteiger partial charge in [0.05, 0.1) is 11.6 Å². The molecule has 23 heavy (non-hydrogen) atoms. The van der Waals surface area contributed by atoms with Gasteiger partial charge >= 0.3 is 0 Å². The van der Waals surface area contributed by atoms with E-state index in [0.29, 0.717) is 5.57 Å². The van der Waals surface area contributed by atoms with Crippen molar-refractivity contribution in [2.75, 3.05) is 38.1 Å². The molecule has 0 aromatic heterocycles. The van der Waals surface area contributed by atoms with E-state index in [0.717, 1.165) is 37.3 Å². The van der Waals surface area contributed by atoms with Crippen molar-refractivity contribution >= 4 is 17.3 Å². The Kier molecular flexibility index (Phi) is 4.75. The molecule has 0 spiro atoms. The third-order valence-corrected chi connectivity index (χ3v) is 4.28. The van der Waals surface area contributed by atoms with Crippen LogP contribution in [-0.4, -0.2) is 38.1 Å². The van der Waals surface area contributed by atoms with E-state index in [9.17, 15) is 5.26 Å². The lowest BCUT2D eigenvalue weighted by atomic mass is 10.0. The van der Waals surface area contributed by atoms with Crippen molar-refractivity contribution in [3.05, 3.63) is 65.7 Å². The maximum absolute atomic E-state index is 9.39. The van der Waals surface area contributed by atoms with Gasteiger partial charge in [-0.2, -0.15) is 5.26 Å². The molecule has 0 amide bonds. The molecule has 3 rings (SSSR count). The second-order valence-corrected chi connectivity index (χ2v) is 5.92. The van der Waals surface area contributed by atoms with Crippen molar-refractivity contribution < 1.29 is 0 Å². The minimum absolute atomic E-state index is 0.693. The summed E-state index contributed by atoms with van der Waals surface area (Å²) in [5, 5.41) is 9.39. The zero-order valence-electron chi connectivity index (χ0n) is 13.4. The van der Waals surface area contributed by atoms with Crippen LogP contribution in [0.25, 0.3) is 11.6 Å². The Morgan fingerprint density at radius 2 is 1.61 bits per heavy atom. The molecule has 1 saturated heterocycles. The van der Waals surface area contributed by atoms with Crippen molar-refractivity contribution in [3.63, 3.8) is 0 Å². The molecule has 116 valence electrons. The lowest BCUT2D eigenvalue weighted by molar-refractivity contribution is 0.313. The zero-order chi connectivity index (χ0) is 16.1. The molecule has 3 heteroatoms. The van der Waals surface area contributed by atoms with Gasteiger partial charge < -0.3 is 9.80 Å². The lowest BCUT2D eigenvalue weighted by Gasteiger charge is -2.34. The van der Waals surface area contributed by atoms with Crippen LogP contribution in [0.2, 0.25) is 0 Å². The molecule has 0 N–H and O–H groups in total. The van der Waals surface area contributed by atoms with Gasteiger partial charge in [-0.05, 0) is 36.4 Å². The summed E-state index contributed by atoms with van der Waals surface area (Å²) in [5.74, 6) is 0. The van der Waals surface area contributed by atoms with Crippen molar-refractivity contribution in [1.29, 1.82) is 5.26 Å². The van der Waals surface area contributed by atoms with Crippen LogP contribution < -0.4 is 4.90 Å². The fraction of sp³-hybridized carbons (Fsp3) is 0.250. The fourth-order valence-corrected chi connectivity index (χ4v) is 2.81. The Labute approximate surface area is 138 Å². The summed E-state index contributed by atoms with van der Waals surface area (Å²) in [6, 6.07) is 20.6. The SMILES string of the molecule is CN1CCN(c2ccc(/C=C(\C#N)c3ccccc3)cc2)CC1. The Balaban J connectivity index is 1.77. The van der Waals surface area contributed by atoms with E-state index in [2.05, 4.69) is 47.2 Å². The molecule has 3 nitrogen and oxygen atoms in total. The molecular formula is C20H21N3. The fourth-order valence-electron chi connectivity index (χ4n) is 2.81. The van der Waals surface area contributed by atoms with Crippen molar-refractivity contribution in [2.45, 2.75) is 0 Å². The molecule has 0 unspecified atom stereocenters. The molecule has 0 saturated carbocycles. The van der Waals surface area contributed by atoms with Gasteiger partial charge in [-0.15, -0.1) is 0 Å². The Morgan fingerprint density at radius 3 is 2.22 bits per heavy atom. The Hall–Kier alpha value is -2.57. The van der Waals surface area contributed by atoms with E-state index >= 15 is 0 Å². The molecule has 0 aliphatic carbocycles. The summed E-state index contributed by atoms with van der Waals surface area (Å²) < 4.78 is 0. The summed E-state index contributed by atoms with van der Waals surface area (Å²) in [5.41, 5.74) is 3.97. The largest absolute Gasteiger partial charge is 0.369 e. The van der Waals surface area contributed by atoms with E-state index in [1.165, 1.54) is 5.69 Å². The minimum Gasteiger partial charge on any atom is -0.369 e. The van der Waals surface area contributed by atoms with Gasteiger partial charge in [0.15, 0.2) is 0 Å². The molecule has 2 aromatic rings. The summed E-state index contributed by atoms with van der Waals surface area (Å²) >= 11 is 0. The molecule has 1 aliphatic heterocycles. The molecule has 1 fully saturated rings. The number of nitriles is 1. The molecular weight excluding hydrogens is 282 g/mol. The lowest BCUT2D eigenvalue weighted by Crippen LogP contribution is -2.44. The van der Waals surface area contributed by atoms with Gasteiger partial charge in [-0.3, -0.25) is 0 Å². The minimum atomic E-state index is 0.693. The number of hydrogen-bond donors (Lipinski definition) is 0. The Morgan fingerprint density at radius 1 is 0.957 bits per heavy atom. The third kappa shape index (κ3) is 3.80. The van der Waals surface area contributed by atoms with Gasteiger partial charge in [-0.1, -0.05) is 42.5 Å². The van der Waals surface area contributed by atoms with Crippen LogP contribution in [-0.2, 0) is 0 Å². The highest BCUT2D eigenvalue weighted by molar-refractivity contribution is 5.89. The summed E-state index contributed by atoms with van der Waals surface area (Å²) in [4.78, 5) is 4.77. The monoisotopic (exact) mass is 303 g/mol. The number of piperazine rings is 1. The number of benzene rings is 2. The number of anilines is 1. The standard InChI is InChI=1S/C20H21N3/c1-22-11-13-23(14-12-22)20-9-7-17(8-10-20)15-19(16-21)18-5-3-2-4-6-18/h2-10,15H,11-14H2,1H3/b19-15+. The predicted octanol–water partition coefficient (Wildman–Crippen LogP) is 3.50. The van der Waals surface area contributed by atoms with Crippen LogP contribution in [0.4, 0.5) is 5.69 Å². The normalized spacial score (nSPS) is 16.2. The quantitative estimate of drug-likeness (QED) is 0.642. The molecule has 0 atom stereocenters.